The molecule has 0 aliphatic heterocycles. The maximum Gasteiger partial charge on any atom is 0.259 e. The summed E-state index contributed by atoms with van der Waals surface area (Å²) >= 11 is 3.37. The second-order valence-corrected chi connectivity index (χ2v) is 6.78. The zero-order valence-electron chi connectivity index (χ0n) is 14.2. The molecule has 3 rings (SSSR count). The number of hydrogen-bond acceptors (Lipinski definition) is 4. The molecular formula is C20H18BrN3O2. The van der Waals surface area contributed by atoms with Crippen molar-refractivity contribution in [1.29, 1.82) is 0 Å². The number of phenolic OH excluding ortho intramolecular Hbond substituents is 1. The molecule has 0 heterocycles. The quantitative estimate of drug-likeness (QED) is 0.435. The number of halogens is 1. The molecule has 5 nitrogen and oxygen atoms in total. The Morgan fingerprint density at radius 1 is 1.15 bits per heavy atom. The van der Waals surface area contributed by atoms with Crippen molar-refractivity contribution in [3.05, 3.63) is 70.2 Å². The van der Waals surface area contributed by atoms with Gasteiger partial charge in [0.2, 0.25) is 0 Å². The van der Waals surface area contributed by atoms with Gasteiger partial charge in [-0.05, 0) is 47.5 Å². The third-order valence-electron chi connectivity index (χ3n) is 3.89. The average molecular weight is 412 g/mol. The minimum absolute atomic E-state index is 0.0964. The van der Waals surface area contributed by atoms with Crippen LogP contribution in [0.4, 0.5) is 5.69 Å². The number of amides is 1. The Morgan fingerprint density at radius 2 is 1.92 bits per heavy atom. The molecule has 3 aromatic rings. The van der Waals surface area contributed by atoms with E-state index in [-0.39, 0.29) is 18.2 Å². The first-order valence-electron chi connectivity index (χ1n) is 8.06. The van der Waals surface area contributed by atoms with Crippen molar-refractivity contribution < 1.29 is 9.90 Å². The number of aryl methyl sites for hydroxylation is 1. The van der Waals surface area contributed by atoms with Gasteiger partial charge < -0.3 is 10.4 Å². The van der Waals surface area contributed by atoms with E-state index in [0.717, 1.165) is 26.5 Å². The zero-order valence-corrected chi connectivity index (χ0v) is 15.7. The number of rotatable bonds is 5. The summed E-state index contributed by atoms with van der Waals surface area (Å²) < 4.78 is 0.832. The van der Waals surface area contributed by atoms with Gasteiger partial charge in [0.1, 0.15) is 5.75 Å². The van der Waals surface area contributed by atoms with Gasteiger partial charge in [-0.25, -0.2) is 5.43 Å². The Labute approximate surface area is 159 Å². The predicted molar refractivity (Wildman–Crippen MR) is 109 cm³/mol. The van der Waals surface area contributed by atoms with Crippen LogP contribution in [0.1, 0.15) is 11.1 Å². The molecule has 0 bridgehead atoms. The molecule has 0 unspecified atom stereocenters. The number of hydrogen-bond donors (Lipinski definition) is 3. The van der Waals surface area contributed by atoms with Crippen LogP contribution in [0, 0.1) is 6.92 Å². The fraction of sp³-hybridized carbons (Fsp3) is 0.100. The summed E-state index contributed by atoms with van der Waals surface area (Å²) in [6.45, 7) is 1.89. The Bertz CT molecular complexity index is 986. The van der Waals surface area contributed by atoms with Crippen LogP contribution in [0.3, 0.4) is 0 Å². The van der Waals surface area contributed by atoms with Gasteiger partial charge in [0, 0.05) is 15.7 Å². The van der Waals surface area contributed by atoms with E-state index in [4.69, 9.17) is 0 Å². The molecule has 0 aliphatic carbocycles. The van der Waals surface area contributed by atoms with E-state index in [2.05, 4.69) is 31.8 Å². The highest BCUT2D eigenvalue weighted by Gasteiger charge is 2.05. The van der Waals surface area contributed by atoms with Crippen molar-refractivity contribution in [2.75, 3.05) is 11.9 Å². The largest absolute Gasteiger partial charge is 0.507 e. The minimum atomic E-state index is -0.277. The van der Waals surface area contributed by atoms with Crippen molar-refractivity contribution in [2.24, 2.45) is 5.10 Å². The second kappa shape index (κ2) is 8.01. The lowest BCUT2D eigenvalue weighted by atomic mass is 10.1. The predicted octanol–water partition coefficient (Wildman–Crippen LogP) is 4.18. The van der Waals surface area contributed by atoms with Crippen LogP contribution in [0.25, 0.3) is 10.8 Å². The topological polar surface area (TPSA) is 73.7 Å². The van der Waals surface area contributed by atoms with E-state index in [9.17, 15) is 9.90 Å². The van der Waals surface area contributed by atoms with E-state index < -0.39 is 0 Å². The second-order valence-electron chi connectivity index (χ2n) is 5.87. The molecule has 6 heteroatoms. The Morgan fingerprint density at radius 3 is 2.73 bits per heavy atom. The standard InChI is InChI=1S/C20H18BrN3O2/c1-13-8-17(21)9-16(20(13)26)11-23-24-19(25)12-22-18-7-6-14-4-2-3-5-15(14)10-18/h2-11,22,26H,12H2,1H3,(H,24,25)/b23-11+. The molecule has 26 heavy (non-hydrogen) atoms. The Balaban J connectivity index is 1.57. The maximum absolute atomic E-state index is 11.9. The fourth-order valence-electron chi connectivity index (χ4n) is 2.55. The monoisotopic (exact) mass is 411 g/mol. The zero-order chi connectivity index (χ0) is 18.5. The molecule has 132 valence electrons. The number of nitrogens with zero attached hydrogens (tertiary/aromatic N) is 1. The van der Waals surface area contributed by atoms with E-state index in [1.165, 1.54) is 6.21 Å². The van der Waals surface area contributed by atoms with Crippen LogP contribution < -0.4 is 10.7 Å². The van der Waals surface area contributed by atoms with Crippen molar-refractivity contribution in [3.63, 3.8) is 0 Å². The summed E-state index contributed by atoms with van der Waals surface area (Å²) in [7, 11) is 0. The van der Waals surface area contributed by atoms with Gasteiger partial charge in [-0.3, -0.25) is 4.79 Å². The fourth-order valence-corrected chi connectivity index (χ4v) is 3.14. The van der Waals surface area contributed by atoms with Gasteiger partial charge in [0.05, 0.1) is 12.8 Å². The molecule has 0 aromatic heterocycles. The molecule has 0 saturated carbocycles. The van der Waals surface area contributed by atoms with Gasteiger partial charge in [-0.2, -0.15) is 5.10 Å². The van der Waals surface area contributed by atoms with Gasteiger partial charge >= 0.3 is 0 Å². The lowest BCUT2D eigenvalue weighted by Gasteiger charge is -2.07. The van der Waals surface area contributed by atoms with Crippen LogP contribution in [0.5, 0.6) is 5.75 Å². The number of phenols is 1. The number of hydrazone groups is 1. The van der Waals surface area contributed by atoms with Crippen LogP contribution in [0.2, 0.25) is 0 Å². The van der Waals surface area contributed by atoms with Gasteiger partial charge in [-0.1, -0.05) is 46.3 Å². The summed E-state index contributed by atoms with van der Waals surface area (Å²) in [4.78, 5) is 11.9. The molecule has 0 spiro atoms. The minimum Gasteiger partial charge on any atom is -0.507 e. The van der Waals surface area contributed by atoms with Gasteiger partial charge in [0.15, 0.2) is 0 Å². The summed E-state index contributed by atoms with van der Waals surface area (Å²) in [6.07, 6.45) is 1.42. The highest BCUT2D eigenvalue weighted by Crippen LogP contribution is 2.25. The molecule has 0 atom stereocenters. The maximum atomic E-state index is 11.9. The molecule has 3 N–H and O–H groups in total. The van der Waals surface area contributed by atoms with Crippen molar-refractivity contribution in [3.8, 4) is 5.75 Å². The molecule has 3 aromatic carbocycles. The summed E-state index contributed by atoms with van der Waals surface area (Å²) in [5.74, 6) is -0.138. The normalized spacial score (nSPS) is 11.0. The van der Waals surface area contributed by atoms with E-state index >= 15 is 0 Å². The highest BCUT2D eigenvalue weighted by molar-refractivity contribution is 9.10. The Kier molecular flexibility index (Phi) is 5.53. The van der Waals surface area contributed by atoms with E-state index in [1.54, 1.807) is 19.1 Å². The first-order chi connectivity index (χ1) is 12.5. The smallest absolute Gasteiger partial charge is 0.259 e. The number of carbonyl (C=O) groups excluding carboxylic acids is 1. The van der Waals surface area contributed by atoms with Crippen molar-refractivity contribution in [1.82, 2.24) is 5.43 Å². The Hall–Kier alpha value is -2.86. The van der Waals surface area contributed by atoms with Crippen molar-refractivity contribution in [2.45, 2.75) is 6.92 Å². The molecule has 1 amide bonds. The number of anilines is 1. The molecular weight excluding hydrogens is 394 g/mol. The van der Waals surface area contributed by atoms with Crippen LogP contribution in [0.15, 0.2) is 64.2 Å². The number of carbonyl (C=O) groups is 1. The summed E-state index contributed by atoms with van der Waals surface area (Å²) in [5, 5.41) is 19.2. The third-order valence-corrected chi connectivity index (χ3v) is 4.35. The average Bonchev–Trinajstić information content (AvgIpc) is 2.63. The number of nitrogens with one attached hydrogen (secondary N) is 2. The van der Waals surface area contributed by atoms with Gasteiger partial charge in [-0.15, -0.1) is 0 Å². The number of fused-ring (bicyclic) bond motifs is 1. The summed E-state index contributed by atoms with van der Waals surface area (Å²) in [6, 6.07) is 17.5. The number of benzene rings is 3. The lowest BCUT2D eigenvalue weighted by molar-refractivity contribution is -0.119. The van der Waals surface area contributed by atoms with Crippen LogP contribution in [-0.2, 0) is 4.79 Å². The van der Waals surface area contributed by atoms with Crippen LogP contribution >= 0.6 is 15.9 Å². The van der Waals surface area contributed by atoms with Gasteiger partial charge in [0.25, 0.3) is 5.91 Å². The SMILES string of the molecule is Cc1cc(Br)cc(/C=N/NC(=O)CNc2ccc3ccccc3c2)c1O. The molecule has 0 saturated heterocycles. The molecule has 0 fully saturated rings. The van der Waals surface area contributed by atoms with Crippen LogP contribution in [-0.4, -0.2) is 23.8 Å². The highest BCUT2D eigenvalue weighted by atomic mass is 79.9. The summed E-state index contributed by atoms with van der Waals surface area (Å²) in [5.41, 5.74) is 4.56. The van der Waals surface area contributed by atoms with E-state index in [1.807, 2.05) is 42.5 Å². The number of aromatic hydroxyl groups is 1. The molecule has 0 radical (unpaired) electrons. The van der Waals surface area contributed by atoms with E-state index in [0.29, 0.717) is 5.56 Å². The molecule has 0 aliphatic rings. The first kappa shape index (κ1) is 17.9. The lowest BCUT2D eigenvalue weighted by Crippen LogP contribution is -2.25. The first-order valence-corrected chi connectivity index (χ1v) is 8.86. The van der Waals surface area contributed by atoms with Crippen molar-refractivity contribution >= 4 is 44.5 Å². The third kappa shape index (κ3) is 4.40.